The number of carbonyl (C=O) groups is 2. The Morgan fingerprint density at radius 1 is 1.22 bits per heavy atom. The van der Waals surface area contributed by atoms with Gasteiger partial charge in [-0.2, -0.15) is 0 Å². The van der Waals surface area contributed by atoms with Crippen molar-refractivity contribution in [3.63, 3.8) is 0 Å². The molecule has 18 heavy (non-hydrogen) atoms. The quantitative estimate of drug-likeness (QED) is 0.809. The average molecular weight is 244 g/mol. The van der Waals surface area contributed by atoms with Crippen LogP contribution in [0.15, 0.2) is 30.0 Å². The highest BCUT2D eigenvalue weighted by Gasteiger charge is 2.26. The number of nitrogens with zero attached hydrogens (tertiary/aromatic N) is 2. The van der Waals surface area contributed by atoms with Gasteiger partial charge in [0.2, 0.25) is 5.78 Å². The molecule has 0 fully saturated rings. The Hall–Kier alpha value is -1.81. The van der Waals surface area contributed by atoms with E-state index in [-0.39, 0.29) is 17.3 Å². The molecular weight excluding hydrogens is 228 g/mol. The number of rotatable bonds is 4. The first kappa shape index (κ1) is 12.6. The fourth-order valence-electron chi connectivity index (χ4n) is 2.06. The van der Waals surface area contributed by atoms with Gasteiger partial charge in [0.1, 0.15) is 5.69 Å². The van der Waals surface area contributed by atoms with Crippen molar-refractivity contribution >= 4 is 11.6 Å². The molecule has 0 N–H and O–H groups in total. The van der Waals surface area contributed by atoms with Gasteiger partial charge >= 0.3 is 0 Å². The van der Waals surface area contributed by atoms with E-state index in [0.29, 0.717) is 17.7 Å². The molecule has 0 saturated carbocycles. The number of Topliss-reactive ketones (excluding diaryl/α,β-unsaturated/α-hetero) is 1. The summed E-state index contributed by atoms with van der Waals surface area (Å²) in [4.78, 5) is 30.2. The number of pyridine rings is 1. The molecule has 2 rings (SSSR count). The number of allylic oxidation sites excluding steroid dienone is 1. The Kier molecular flexibility index (Phi) is 3.67. The maximum atomic E-state index is 12.2. The Morgan fingerprint density at radius 2 is 1.94 bits per heavy atom. The average Bonchev–Trinajstić information content (AvgIpc) is 2.41. The molecule has 0 spiro atoms. The van der Waals surface area contributed by atoms with E-state index < -0.39 is 0 Å². The van der Waals surface area contributed by atoms with Gasteiger partial charge in [-0.1, -0.05) is 13.8 Å². The van der Waals surface area contributed by atoms with Gasteiger partial charge in [-0.25, -0.2) is 0 Å². The Labute approximate surface area is 106 Å². The zero-order valence-corrected chi connectivity index (χ0v) is 10.6. The van der Waals surface area contributed by atoms with Gasteiger partial charge in [0, 0.05) is 18.3 Å². The summed E-state index contributed by atoms with van der Waals surface area (Å²) >= 11 is 0. The van der Waals surface area contributed by atoms with Gasteiger partial charge in [0.25, 0.3) is 0 Å². The minimum Gasteiger partial charge on any atom is -0.299 e. The van der Waals surface area contributed by atoms with Crippen LogP contribution in [0.2, 0.25) is 0 Å². The summed E-state index contributed by atoms with van der Waals surface area (Å²) in [5.74, 6) is -0.253. The molecule has 0 saturated heterocycles. The van der Waals surface area contributed by atoms with E-state index in [9.17, 15) is 9.59 Å². The van der Waals surface area contributed by atoms with Crippen molar-refractivity contribution in [3.05, 3.63) is 41.2 Å². The normalized spacial score (nSPS) is 14.7. The van der Waals surface area contributed by atoms with Gasteiger partial charge in [0.15, 0.2) is 5.78 Å². The zero-order valence-electron chi connectivity index (χ0n) is 10.6. The van der Waals surface area contributed by atoms with Crippen LogP contribution >= 0.6 is 0 Å². The molecule has 1 aromatic rings. The van der Waals surface area contributed by atoms with Crippen LogP contribution in [0.25, 0.3) is 0 Å². The monoisotopic (exact) mass is 244 g/mol. The molecular formula is C14H16N2O2. The van der Waals surface area contributed by atoms with Crippen LogP contribution in [0, 0.1) is 0 Å². The van der Waals surface area contributed by atoms with Crippen LogP contribution in [0.5, 0.6) is 0 Å². The molecule has 0 radical (unpaired) electrons. The zero-order chi connectivity index (χ0) is 13.1. The molecule has 1 aromatic heterocycles. The fraction of sp³-hybridized carbons (Fsp3) is 0.357. The van der Waals surface area contributed by atoms with Crippen molar-refractivity contribution in [2.45, 2.75) is 13.8 Å². The number of ketones is 2. The Balaban J connectivity index is 2.31. The summed E-state index contributed by atoms with van der Waals surface area (Å²) < 4.78 is 0. The first-order valence-electron chi connectivity index (χ1n) is 6.14. The molecule has 1 heterocycles. The second-order valence-electron chi connectivity index (χ2n) is 4.22. The topological polar surface area (TPSA) is 50.3 Å². The summed E-state index contributed by atoms with van der Waals surface area (Å²) in [7, 11) is 0. The summed E-state index contributed by atoms with van der Waals surface area (Å²) in [6.07, 6.45) is 2.96. The lowest BCUT2D eigenvalue weighted by Gasteiger charge is -2.21. The lowest BCUT2D eigenvalue weighted by atomic mass is 9.93. The van der Waals surface area contributed by atoms with Crippen LogP contribution < -0.4 is 0 Å². The highest BCUT2D eigenvalue weighted by molar-refractivity contribution is 6.23. The van der Waals surface area contributed by atoms with Gasteiger partial charge < -0.3 is 0 Å². The third kappa shape index (κ3) is 2.24. The summed E-state index contributed by atoms with van der Waals surface area (Å²) in [5.41, 5.74) is 1.25. The smallest absolute Gasteiger partial charge is 0.205 e. The minimum atomic E-state index is -0.174. The van der Waals surface area contributed by atoms with Crippen LogP contribution in [-0.4, -0.2) is 41.1 Å². The first-order valence-corrected chi connectivity index (χ1v) is 6.14. The van der Waals surface area contributed by atoms with Crippen molar-refractivity contribution < 1.29 is 9.59 Å². The maximum absolute atomic E-state index is 12.2. The van der Waals surface area contributed by atoms with E-state index in [0.717, 1.165) is 13.1 Å². The summed E-state index contributed by atoms with van der Waals surface area (Å²) in [6, 6.07) is 3.35. The van der Waals surface area contributed by atoms with Gasteiger partial charge in [0.05, 0.1) is 5.56 Å². The molecule has 1 aliphatic rings. The molecule has 1 aliphatic carbocycles. The number of hydrogen-bond donors (Lipinski definition) is 0. The Bertz CT molecular complexity index is 516. The molecule has 0 unspecified atom stereocenters. The van der Waals surface area contributed by atoms with Crippen molar-refractivity contribution in [1.29, 1.82) is 0 Å². The highest BCUT2D eigenvalue weighted by atomic mass is 16.1. The van der Waals surface area contributed by atoms with E-state index in [4.69, 9.17) is 0 Å². The van der Waals surface area contributed by atoms with E-state index in [1.165, 1.54) is 12.3 Å². The molecule has 4 nitrogen and oxygen atoms in total. The SMILES string of the molecule is CCN(CC)CC1=CC(=O)c2ncccc2C1=O. The van der Waals surface area contributed by atoms with E-state index >= 15 is 0 Å². The number of likely N-dealkylation sites (N-methyl/N-ethyl adjacent to an activating group) is 1. The third-order valence-corrected chi connectivity index (χ3v) is 3.17. The van der Waals surface area contributed by atoms with E-state index in [1.54, 1.807) is 12.1 Å². The minimum absolute atomic E-state index is 0.0791. The van der Waals surface area contributed by atoms with Crippen molar-refractivity contribution in [3.8, 4) is 0 Å². The highest BCUT2D eigenvalue weighted by Crippen LogP contribution is 2.19. The second-order valence-corrected chi connectivity index (χ2v) is 4.22. The molecule has 0 atom stereocenters. The lowest BCUT2D eigenvalue weighted by Crippen LogP contribution is -2.30. The number of aromatic nitrogens is 1. The van der Waals surface area contributed by atoms with E-state index in [2.05, 4.69) is 9.88 Å². The fourth-order valence-corrected chi connectivity index (χ4v) is 2.06. The second kappa shape index (κ2) is 5.23. The molecule has 4 heteroatoms. The van der Waals surface area contributed by atoms with Crippen LogP contribution in [0.4, 0.5) is 0 Å². The van der Waals surface area contributed by atoms with Crippen molar-refractivity contribution in [2.75, 3.05) is 19.6 Å². The standard InChI is InChI=1S/C14H16N2O2/c1-3-16(4-2)9-10-8-12(17)13-11(14(10)18)6-5-7-15-13/h5-8H,3-4,9H2,1-2H3. The summed E-state index contributed by atoms with van der Waals surface area (Å²) in [6.45, 7) is 6.31. The largest absolute Gasteiger partial charge is 0.299 e. The molecule has 0 aliphatic heterocycles. The third-order valence-electron chi connectivity index (χ3n) is 3.17. The number of fused-ring (bicyclic) bond motifs is 1. The van der Waals surface area contributed by atoms with Crippen LogP contribution in [0.3, 0.4) is 0 Å². The first-order chi connectivity index (χ1) is 8.67. The van der Waals surface area contributed by atoms with Crippen LogP contribution in [-0.2, 0) is 0 Å². The maximum Gasteiger partial charge on any atom is 0.205 e. The van der Waals surface area contributed by atoms with E-state index in [1.807, 2.05) is 13.8 Å². The van der Waals surface area contributed by atoms with Crippen LogP contribution in [0.1, 0.15) is 34.7 Å². The lowest BCUT2D eigenvalue weighted by molar-refractivity contribution is 0.0973. The van der Waals surface area contributed by atoms with Gasteiger partial charge in [-0.3, -0.25) is 19.5 Å². The van der Waals surface area contributed by atoms with Gasteiger partial charge in [-0.05, 0) is 31.3 Å². The van der Waals surface area contributed by atoms with Crippen molar-refractivity contribution in [2.24, 2.45) is 0 Å². The molecule has 0 amide bonds. The molecule has 0 bridgehead atoms. The number of carbonyl (C=O) groups excluding carboxylic acids is 2. The molecule has 0 aromatic carbocycles. The number of hydrogen-bond acceptors (Lipinski definition) is 4. The predicted molar refractivity (Wildman–Crippen MR) is 68.8 cm³/mol. The molecule has 94 valence electrons. The van der Waals surface area contributed by atoms with Crippen molar-refractivity contribution in [1.82, 2.24) is 9.88 Å². The summed E-state index contributed by atoms with van der Waals surface area (Å²) in [5, 5.41) is 0. The predicted octanol–water partition coefficient (Wildman–Crippen LogP) is 1.73. The van der Waals surface area contributed by atoms with Gasteiger partial charge in [-0.15, -0.1) is 0 Å². The Morgan fingerprint density at radius 3 is 2.61 bits per heavy atom.